The van der Waals surface area contributed by atoms with E-state index in [-0.39, 0.29) is 5.91 Å². The van der Waals surface area contributed by atoms with Crippen molar-refractivity contribution in [3.8, 4) is 0 Å². The number of nitrogens with one attached hydrogen (secondary N) is 1. The van der Waals surface area contributed by atoms with Crippen LogP contribution < -0.4 is 5.32 Å². The molecule has 0 saturated carbocycles. The third kappa shape index (κ3) is 3.47. The van der Waals surface area contributed by atoms with Gasteiger partial charge in [-0.15, -0.1) is 10.2 Å². The lowest BCUT2D eigenvalue weighted by Crippen LogP contribution is -2.39. The highest BCUT2D eigenvalue weighted by atomic mass is 16.2. The number of carbonyl (C=O) groups excluding carboxylic acids is 1. The number of nitrogens with zero attached hydrogens (tertiary/aromatic N) is 6. The average molecular weight is 341 g/mol. The zero-order valence-corrected chi connectivity index (χ0v) is 14.3. The maximum Gasteiger partial charge on any atom is 0.224 e. The average Bonchev–Trinajstić information content (AvgIpc) is 3.26. The number of hydrogen-bond acceptors (Lipinski definition) is 6. The van der Waals surface area contributed by atoms with Crippen LogP contribution in [0.4, 0.5) is 5.95 Å². The molecule has 1 saturated heterocycles. The van der Waals surface area contributed by atoms with Gasteiger partial charge in [0.15, 0.2) is 0 Å². The van der Waals surface area contributed by atoms with E-state index in [1.165, 1.54) is 6.42 Å². The largest absolute Gasteiger partial charge is 0.354 e. The molecule has 8 heteroatoms. The van der Waals surface area contributed by atoms with Crippen molar-refractivity contribution in [1.82, 2.24) is 29.6 Å². The van der Waals surface area contributed by atoms with Crippen molar-refractivity contribution < 1.29 is 4.79 Å². The van der Waals surface area contributed by atoms with Crippen LogP contribution >= 0.6 is 0 Å². The van der Waals surface area contributed by atoms with Gasteiger partial charge in [-0.1, -0.05) is 0 Å². The molecule has 0 aromatic carbocycles. The summed E-state index contributed by atoms with van der Waals surface area (Å²) in [5.41, 5.74) is 0. The molecule has 0 radical (unpaired) electrons. The lowest BCUT2D eigenvalue weighted by molar-refractivity contribution is -0.132. The Morgan fingerprint density at radius 3 is 2.76 bits per heavy atom. The quantitative estimate of drug-likeness (QED) is 0.880. The fraction of sp³-hybridized carbons (Fsp3) is 0.588. The smallest absolute Gasteiger partial charge is 0.224 e. The summed E-state index contributed by atoms with van der Waals surface area (Å²) in [5, 5.41) is 11.8. The molecule has 1 N–H and O–H groups in total. The van der Waals surface area contributed by atoms with Gasteiger partial charge in [-0.05, 0) is 25.3 Å². The van der Waals surface area contributed by atoms with Gasteiger partial charge in [0.25, 0.3) is 0 Å². The van der Waals surface area contributed by atoms with Gasteiger partial charge < -0.3 is 14.8 Å². The van der Waals surface area contributed by atoms with Gasteiger partial charge in [-0.3, -0.25) is 4.79 Å². The Bertz CT molecular complexity index is 722. The minimum absolute atomic E-state index is 0.188. The number of carbonyl (C=O) groups is 1. The fourth-order valence-corrected chi connectivity index (χ4v) is 3.69. The number of piperidine rings is 1. The number of aryl methyl sites for hydroxylation is 1. The highest BCUT2D eigenvalue weighted by Gasteiger charge is 2.29. The maximum absolute atomic E-state index is 12.4. The van der Waals surface area contributed by atoms with Crippen LogP contribution in [0.1, 0.15) is 43.3 Å². The highest BCUT2D eigenvalue weighted by molar-refractivity contribution is 5.76. The highest BCUT2D eigenvalue weighted by Crippen LogP contribution is 2.29. The summed E-state index contributed by atoms with van der Waals surface area (Å²) >= 11 is 0. The first-order valence-corrected chi connectivity index (χ1v) is 9.02. The van der Waals surface area contributed by atoms with Crippen LogP contribution in [-0.2, 0) is 17.8 Å². The van der Waals surface area contributed by atoms with Crippen LogP contribution in [0.3, 0.4) is 0 Å². The standard InChI is InChI=1S/C17H23N7O/c25-15(4-9-20-17-18-7-2-8-19-17)23-11-5-13(6-12-23)16-22-21-14-3-1-10-24(14)16/h2,7-8,13H,1,3-6,9-12H2,(H,18,19,20). The molecule has 1 fully saturated rings. The molecule has 8 nitrogen and oxygen atoms in total. The molecule has 0 spiro atoms. The van der Waals surface area contributed by atoms with Crippen LogP contribution in [0.15, 0.2) is 18.5 Å². The van der Waals surface area contributed by atoms with Crippen LogP contribution in [0.2, 0.25) is 0 Å². The molecule has 2 aromatic rings. The molecular weight excluding hydrogens is 318 g/mol. The third-order valence-corrected chi connectivity index (χ3v) is 5.04. The van der Waals surface area contributed by atoms with Crippen molar-refractivity contribution in [3.63, 3.8) is 0 Å². The van der Waals surface area contributed by atoms with E-state index in [1.807, 2.05) is 4.90 Å². The first kappa shape index (κ1) is 16.0. The van der Waals surface area contributed by atoms with Gasteiger partial charge in [-0.25, -0.2) is 9.97 Å². The molecular formula is C17H23N7O. The molecule has 2 aliphatic rings. The van der Waals surface area contributed by atoms with Crippen molar-refractivity contribution in [2.24, 2.45) is 0 Å². The Hall–Kier alpha value is -2.51. The van der Waals surface area contributed by atoms with E-state index in [9.17, 15) is 4.79 Å². The molecule has 4 heterocycles. The monoisotopic (exact) mass is 341 g/mol. The summed E-state index contributed by atoms with van der Waals surface area (Å²) in [6.07, 6.45) is 7.99. The van der Waals surface area contributed by atoms with E-state index in [1.54, 1.807) is 18.5 Å². The number of rotatable bonds is 5. The van der Waals surface area contributed by atoms with Crippen molar-refractivity contribution in [2.75, 3.05) is 25.0 Å². The number of likely N-dealkylation sites (tertiary alicyclic amines) is 1. The number of aromatic nitrogens is 5. The van der Waals surface area contributed by atoms with E-state index >= 15 is 0 Å². The SMILES string of the molecule is O=C(CCNc1ncccn1)N1CCC(c2nnc3n2CCC3)CC1. The van der Waals surface area contributed by atoms with Crippen LogP contribution in [0.25, 0.3) is 0 Å². The second kappa shape index (κ2) is 7.16. The molecule has 0 atom stereocenters. The fourth-order valence-electron chi connectivity index (χ4n) is 3.69. The predicted molar refractivity (Wildman–Crippen MR) is 92.0 cm³/mol. The number of hydrogen-bond donors (Lipinski definition) is 1. The summed E-state index contributed by atoms with van der Waals surface area (Å²) in [6.45, 7) is 3.20. The first-order chi connectivity index (χ1) is 12.3. The Morgan fingerprint density at radius 1 is 1.16 bits per heavy atom. The number of fused-ring (bicyclic) bond motifs is 1. The van der Waals surface area contributed by atoms with Crippen molar-refractivity contribution >= 4 is 11.9 Å². The first-order valence-electron chi connectivity index (χ1n) is 9.02. The normalized spacial score (nSPS) is 17.5. The van der Waals surface area contributed by atoms with Crippen molar-refractivity contribution in [2.45, 2.75) is 44.6 Å². The summed E-state index contributed by atoms with van der Waals surface area (Å²) < 4.78 is 2.28. The van der Waals surface area contributed by atoms with Crippen molar-refractivity contribution in [3.05, 3.63) is 30.1 Å². The van der Waals surface area contributed by atoms with E-state index < -0.39 is 0 Å². The summed E-state index contributed by atoms with van der Waals surface area (Å²) in [4.78, 5) is 22.5. The van der Waals surface area contributed by atoms with E-state index in [4.69, 9.17) is 0 Å². The molecule has 0 unspecified atom stereocenters. The predicted octanol–water partition coefficient (Wildman–Crippen LogP) is 1.22. The zero-order chi connectivity index (χ0) is 17.1. The minimum Gasteiger partial charge on any atom is -0.354 e. The third-order valence-electron chi connectivity index (χ3n) is 5.04. The molecule has 0 bridgehead atoms. The Morgan fingerprint density at radius 2 is 1.96 bits per heavy atom. The molecule has 132 valence electrons. The van der Waals surface area contributed by atoms with E-state index in [2.05, 4.69) is 30.0 Å². The van der Waals surface area contributed by atoms with Gasteiger partial charge in [0.1, 0.15) is 11.6 Å². The maximum atomic E-state index is 12.4. The Labute approximate surface area is 146 Å². The van der Waals surface area contributed by atoms with Crippen molar-refractivity contribution in [1.29, 1.82) is 0 Å². The second-order valence-electron chi connectivity index (χ2n) is 6.63. The van der Waals surface area contributed by atoms with Crippen LogP contribution in [0.5, 0.6) is 0 Å². The number of anilines is 1. The lowest BCUT2D eigenvalue weighted by Gasteiger charge is -2.31. The topological polar surface area (TPSA) is 88.8 Å². The molecule has 2 aromatic heterocycles. The molecule has 0 aliphatic carbocycles. The Balaban J connectivity index is 1.25. The van der Waals surface area contributed by atoms with Gasteiger partial charge in [-0.2, -0.15) is 0 Å². The summed E-state index contributed by atoms with van der Waals surface area (Å²) in [5.74, 6) is 3.44. The van der Waals surface area contributed by atoms with Gasteiger partial charge in [0.05, 0.1) is 0 Å². The Kier molecular flexibility index (Phi) is 4.58. The molecule has 25 heavy (non-hydrogen) atoms. The zero-order valence-electron chi connectivity index (χ0n) is 14.3. The molecule has 4 rings (SSSR count). The van der Waals surface area contributed by atoms with Crippen LogP contribution in [-0.4, -0.2) is 55.2 Å². The second-order valence-corrected chi connectivity index (χ2v) is 6.63. The summed E-state index contributed by atoms with van der Waals surface area (Å²) in [6, 6.07) is 1.77. The van der Waals surface area contributed by atoms with Gasteiger partial charge >= 0.3 is 0 Å². The molecule has 1 amide bonds. The summed E-state index contributed by atoms with van der Waals surface area (Å²) in [7, 11) is 0. The van der Waals surface area contributed by atoms with Crippen LogP contribution in [0, 0.1) is 0 Å². The minimum atomic E-state index is 0.188. The molecule has 2 aliphatic heterocycles. The number of amides is 1. The van der Waals surface area contributed by atoms with Gasteiger partial charge in [0.2, 0.25) is 11.9 Å². The van der Waals surface area contributed by atoms with Gasteiger partial charge in [0, 0.05) is 57.3 Å². The lowest BCUT2D eigenvalue weighted by atomic mass is 9.95. The van der Waals surface area contributed by atoms with E-state index in [0.717, 1.165) is 50.5 Å². The van der Waals surface area contributed by atoms with E-state index in [0.29, 0.717) is 24.8 Å².